The number of rotatable bonds is 3. The number of nitrogens with zero attached hydrogens (tertiary/aromatic N) is 2. The van der Waals surface area contributed by atoms with Crippen molar-refractivity contribution in [1.29, 1.82) is 0 Å². The van der Waals surface area contributed by atoms with Gasteiger partial charge in [-0.2, -0.15) is 0 Å². The van der Waals surface area contributed by atoms with Crippen LogP contribution >= 0.6 is 0 Å². The van der Waals surface area contributed by atoms with Crippen molar-refractivity contribution in [3.63, 3.8) is 0 Å². The lowest BCUT2D eigenvalue weighted by atomic mass is 10.1. The van der Waals surface area contributed by atoms with E-state index in [0.717, 1.165) is 0 Å². The lowest BCUT2D eigenvalue weighted by Gasteiger charge is -1.95. The second-order valence-corrected chi connectivity index (χ2v) is 3.21. The Morgan fingerprint density at radius 1 is 1.47 bits per heavy atom. The molecule has 0 aliphatic carbocycles. The Balaban J connectivity index is 2.42. The molecule has 1 aromatic carbocycles. The van der Waals surface area contributed by atoms with Crippen LogP contribution in [0.4, 0.5) is 5.69 Å². The standard InChI is InChI=1S/C10H7N3O4/c11-9(14)10-12-8(5-17-10)6-2-1-3-7(4-6)13(15)16/h1-5H,(H2,11,14). The minimum absolute atomic E-state index is 0.0638. The van der Waals surface area contributed by atoms with Gasteiger partial charge in [-0.1, -0.05) is 12.1 Å². The van der Waals surface area contributed by atoms with Gasteiger partial charge in [-0.25, -0.2) is 4.98 Å². The zero-order valence-electron chi connectivity index (χ0n) is 8.49. The number of hydrogen-bond donors (Lipinski definition) is 1. The third kappa shape index (κ3) is 2.12. The Morgan fingerprint density at radius 2 is 2.24 bits per heavy atom. The van der Waals surface area contributed by atoms with Crippen LogP contribution in [0.5, 0.6) is 0 Å². The molecule has 0 spiro atoms. The molecule has 0 bridgehead atoms. The maximum Gasteiger partial charge on any atom is 0.304 e. The number of primary amides is 1. The van der Waals surface area contributed by atoms with Gasteiger partial charge < -0.3 is 10.2 Å². The number of nitro benzene ring substituents is 1. The zero-order valence-corrected chi connectivity index (χ0v) is 8.49. The molecule has 1 heterocycles. The fourth-order valence-electron chi connectivity index (χ4n) is 1.30. The van der Waals surface area contributed by atoms with Gasteiger partial charge >= 0.3 is 5.91 Å². The molecular weight excluding hydrogens is 226 g/mol. The van der Waals surface area contributed by atoms with Crippen molar-refractivity contribution in [2.24, 2.45) is 5.73 Å². The number of benzene rings is 1. The van der Waals surface area contributed by atoms with Crippen LogP contribution in [0.1, 0.15) is 10.7 Å². The molecule has 1 amide bonds. The summed E-state index contributed by atoms with van der Waals surface area (Å²) in [6.45, 7) is 0. The van der Waals surface area contributed by atoms with Crippen LogP contribution in [0.3, 0.4) is 0 Å². The van der Waals surface area contributed by atoms with Crippen molar-refractivity contribution in [3.05, 3.63) is 46.5 Å². The highest BCUT2D eigenvalue weighted by atomic mass is 16.6. The van der Waals surface area contributed by atoms with Crippen LogP contribution in [-0.2, 0) is 0 Å². The van der Waals surface area contributed by atoms with Crippen LogP contribution in [0.15, 0.2) is 34.9 Å². The number of amides is 1. The van der Waals surface area contributed by atoms with Gasteiger partial charge in [0.05, 0.1) is 4.92 Å². The van der Waals surface area contributed by atoms with E-state index in [-0.39, 0.29) is 11.6 Å². The highest BCUT2D eigenvalue weighted by molar-refractivity contribution is 5.88. The third-order valence-electron chi connectivity index (χ3n) is 2.07. The highest BCUT2D eigenvalue weighted by Gasteiger charge is 2.13. The summed E-state index contributed by atoms with van der Waals surface area (Å²) in [6, 6.07) is 5.84. The van der Waals surface area contributed by atoms with Gasteiger partial charge in [0, 0.05) is 17.7 Å². The zero-order chi connectivity index (χ0) is 12.4. The minimum Gasteiger partial charge on any atom is -0.440 e. The first-order valence-corrected chi connectivity index (χ1v) is 4.58. The van der Waals surface area contributed by atoms with Crippen LogP contribution in [0.2, 0.25) is 0 Å². The van der Waals surface area contributed by atoms with E-state index in [0.29, 0.717) is 11.3 Å². The van der Waals surface area contributed by atoms with Crippen molar-refractivity contribution in [2.75, 3.05) is 0 Å². The van der Waals surface area contributed by atoms with Gasteiger partial charge in [0.15, 0.2) is 0 Å². The molecule has 0 aliphatic rings. The predicted octanol–water partition coefficient (Wildman–Crippen LogP) is 1.35. The molecule has 17 heavy (non-hydrogen) atoms. The smallest absolute Gasteiger partial charge is 0.304 e. The summed E-state index contributed by atoms with van der Waals surface area (Å²) in [7, 11) is 0. The molecule has 0 aliphatic heterocycles. The molecule has 2 aromatic rings. The number of carbonyl (C=O) groups excluding carboxylic acids is 1. The Bertz CT molecular complexity index is 591. The number of oxazole rings is 1. The molecule has 0 radical (unpaired) electrons. The summed E-state index contributed by atoms with van der Waals surface area (Å²) in [5, 5.41) is 10.6. The first kappa shape index (κ1) is 10.8. The van der Waals surface area contributed by atoms with E-state index < -0.39 is 10.8 Å². The summed E-state index contributed by atoms with van der Waals surface area (Å²) < 4.78 is 4.83. The number of nitrogens with two attached hydrogens (primary N) is 1. The Hall–Kier alpha value is -2.70. The SMILES string of the molecule is NC(=O)c1nc(-c2cccc([N+](=O)[O-])c2)co1. The summed E-state index contributed by atoms with van der Waals surface area (Å²) in [4.78, 5) is 24.7. The van der Waals surface area contributed by atoms with Gasteiger partial charge in [0.1, 0.15) is 12.0 Å². The first-order valence-electron chi connectivity index (χ1n) is 4.58. The molecule has 7 nitrogen and oxygen atoms in total. The maximum atomic E-state index is 10.8. The Kier molecular flexibility index (Phi) is 2.57. The van der Waals surface area contributed by atoms with Crippen LogP contribution in [0.25, 0.3) is 11.3 Å². The van der Waals surface area contributed by atoms with Crippen molar-refractivity contribution in [1.82, 2.24) is 4.98 Å². The third-order valence-corrected chi connectivity index (χ3v) is 2.07. The average molecular weight is 233 g/mol. The fourth-order valence-corrected chi connectivity index (χ4v) is 1.30. The summed E-state index contributed by atoms with van der Waals surface area (Å²) in [5.74, 6) is -1.02. The van der Waals surface area contributed by atoms with Gasteiger partial charge in [-0.15, -0.1) is 0 Å². The number of nitro groups is 1. The molecule has 2 N–H and O–H groups in total. The average Bonchev–Trinajstić information content (AvgIpc) is 2.78. The molecule has 0 fully saturated rings. The second-order valence-electron chi connectivity index (χ2n) is 3.21. The molecule has 0 saturated heterocycles. The van der Waals surface area contributed by atoms with Crippen molar-refractivity contribution in [3.8, 4) is 11.3 Å². The van der Waals surface area contributed by atoms with Crippen molar-refractivity contribution < 1.29 is 14.1 Å². The van der Waals surface area contributed by atoms with E-state index in [1.807, 2.05) is 0 Å². The molecule has 1 aromatic heterocycles. The van der Waals surface area contributed by atoms with Gasteiger partial charge in [0.25, 0.3) is 11.6 Å². The van der Waals surface area contributed by atoms with Crippen LogP contribution in [-0.4, -0.2) is 15.8 Å². The topological polar surface area (TPSA) is 112 Å². The van der Waals surface area contributed by atoms with E-state index in [1.165, 1.54) is 24.5 Å². The quantitative estimate of drug-likeness (QED) is 0.635. The predicted molar refractivity (Wildman–Crippen MR) is 57.1 cm³/mol. The maximum absolute atomic E-state index is 10.8. The largest absolute Gasteiger partial charge is 0.440 e. The fraction of sp³-hybridized carbons (Fsp3) is 0. The molecule has 0 saturated carbocycles. The summed E-state index contributed by atoms with van der Waals surface area (Å²) in [6.07, 6.45) is 1.22. The molecular formula is C10H7N3O4. The monoisotopic (exact) mass is 233 g/mol. The molecule has 7 heteroatoms. The van der Waals surface area contributed by atoms with E-state index >= 15 is 0 Å². The Morgan fingerprint density at radius 3 is 2.82 bits per heavy atom. The van der Waals surface area contributed by atoms with E-state index in [9.17, 15) is 14.9 Å². The molecule has 2 rings (SSSR count). The summed E-state index contributed by atoms with van der Waals surface area (Å²) in [5.41, 5.74) is 5.72. The number of non-ortho nitro benzene ring substituents is 1. The highest BCUT2D eigenvalue weighted by Crippen LogP contribution is 2.22. The van der Waals surface area contributed by atoms with Crippen LogP contribution < -0.4 is 5.73 Å². The molecule has 0 atom stereocenters. The van der Waals surface area contributed by atoms with Gasteiger partial charge in [-0.3, -0.25) is 14.9 Å². The Labute approximate surface area is 95.0 Å². The summed E-state index contributed by atoms with van der Waals surface area (Å²) >= 11 is 0. The second kappa shape index (κ2) is 4.05. The van der Waals surface area contributed by atoms with E-state index in [4.69, 9.17) is 10.2 Å². The van der Waals surface area contributed by atoms with Crippen LogP contribution in [0, 0.1) is 10.1 Å². The van der Waals surface area contributed by atoms with Crippen molar-refractivity contribution >= 4 is 11.6 Å². The molecule has 86 valence electrons. The number of aromatic nitrogens is 1. The normalized spacial score (nSPS) is 10.1. The van der Waals surface area contributed by atoms with Gasteiger partial charge in [0.2, 0.25) is 0 Å². The number of hydrogen-bond acceptors (Lipinski definition) is 5. The van der Waals surface area contributed by atoms with E-state index in [2.05, 4.69) is 4.98 Å². The van der Waals surface area contributed by atoms with E-state index in [1.54, 1.807) is 6.07 Å². The number of carbonyl (C=O) groups is 1. The lowest BCUT2D eigenvalue weighted by molar-refractivity contribution is -0.384. The van der Waals surface area contributed by atoms with Crippen molar-refractivity contribution in [2.45, 2.75) is 0 Å². The van der Waals surface area contributed by atoms with Gasteiger partial charge in [-0.05, 0) is 0 Å². The first-order chi connectivity index (χ1) is 8.08. The molecule has 0 unspecified atom stereocenters. The minimum atomic E-state index is -0.790. The lowest BCUT2D eigenvalue weighted by Crippen LogP contribution is -2.10.